The van der Waals surface area contributed by atoms with Gasteiger partial charge in [0, 0.05) is 0 Å². The molecule has 0 fully saturated rings. The van der Waals surface area contributed by atoms with Crippen LogP contribution in [0.25, 0.3) is 44.5 Å². The van der Waals surface area contributed by atoms with Crippen molar-refractivity contribution >= 4 is 0 Å². The Morgan fingerprint density at radius 1 is 0.410 bits per heavy atom. The minimum atomic E-state index is -0.333. The quantitative estimate of drug-likeness (QED) is 0.235. The van der Waals surface area contributed by atoms with Gasteiger partial charge < -0.3 is 0 Å². The molecule has 1 nitrogen and oxygen atoms in total. The molecule has 1 spiro atoms. The number of fused-ring (bicyclic) bond motifs is 10. The highest BCUT2D eigenvalue weighted by molar-refractivity contribution is 6.00. The van der Waals surface area contributed by atoms with Crippen LogP contribution in [0.3, 0.4) is 0 Å². The van der Waals surface area contributed by atoms with Crippen LogP contribution in [0.5, 0.6) is 0 Å². The minimum Gasteiger partial charge on any atom is -0.192 e. The third-order valence-corrected chi connectivity index (χ3v) is 8.54. The fourth-order valence-corrected chi connectivity index (χ4v) is 6.99. The number of rotatable bonds is 2. The number of hydrogen-bond donors (Lipinski definition) is 0. The smallest absolute Gasteiger partial charge is 0.0991 e. The van der Waals surface area contributed by atoms with Gasteiger partial charge >= 0.3 is 0 Å². The summed E-state index contributed by atoms with van der Waals surface area (Å²) in [5.41, 5.74) is 15.7. The average molecular weight is 494 g/mol. The van der Waals surface area contributed by atoms with Gasteiger partial charge in [-0.15, -0.1) is 0 Å². The summed E-state index contributed by atoms with van der Waals surface area (Å²) in [6.45, 7) is 0. The first-order valence-corrected chi connectivity index (χ1v) is 13.3. The molecule has 0 heterocycles. The molecule has 2 aliphatic carbocycles. The highest BCUT2D eigenvalue weighted by Crippen LogP contribution is 2.63. The Morgan fingerprint density at radius 2 is 0.923 bits per heavy atom. The van der Waals surface area contributed by atoms with Crippen molar-refractivity contribution in [3.8, 4) is 50.6 Å². The van der Waals surface area contributed by atoms with Crippen LogP contribution in [0.15, 0.2) is 140 Å². The van der Waals surface area contributed by atoms with Crippen LogP contribution in [0.2, 0.25) is 0 Å². The van der Waals surface area contributed by atoms with Crippen LogP contribution in [0.4, 0.5) is 0 Å². The van der Waals surface area contributed by atoms with Crippen LogP contribution in [0.1, 0.15) is 27.8 Å². The molecule has 0 N–H and O–H groups in total. The first kappa shape index (κ1) is 21.9. The van der Waals surface area contributed by atoms with Gasteiger partial charge in [-0.1, -0.05) is 121 Å². The molecule has 1 heteroatoms. The maximum atomic E-state index is 9.22. The molecule has 6 aromatic rings. The van der Waals surface area contributed by atoms with Crippen molar-refractivity contribution in [1.82, 2.24) is 0 Å². The largest absolute Gasteiger partial charge is 0.192 e. The monoisotopic (exact) mass is 493 g/mol. The van der Waals surface area contributed by atoms with E-state index in [0.29, 0.717) is 5.56 Å². The zero-order valence-corrected chi connectivity index (χ0v) is 21.2. The maximum Gasteiger partial charge on any atom is 0.0991 e. The summed E-state index contributed by atoms with van der Waals surface area (Å²) in [5, 5.41) is 9.22. The van der Waals surface area contributed by atoms with Gasteiger partial charge in [0.05, 0.1) is 17.0 Å². The second kappa shape index (κ2) is 8.15. The second-order valence-electron chi connectivity index (χ2n) is 10.4. The van der Waals surface area contributed by atoms with Crippen LogP contribution in [-0.4, -0.2) is 0 Å². The number of hydrogen-bond acceptors (Lipinski definition) is 1. The summed E-state index contributed by atoms with van der Waals surface area (Å²) in [7, 11) is 0. The average Bonchev–Trinajstić information content (AvgIpc) is 3.49. The Hall–Kier alpha value is -5.19. The van der Waals surface area contributed by atoms with Crippen molar-refractivity contribution in [3.05, 3.63) is 167 Å². The highest BCUT2D eigenvalue weighted by atomic mass is 14.5. The summed E-state index contributed by atoms with van der Waals surface area (Å²) in [4.78, 5) is 0. The molecule has 0 aromatic heterocycles. The Kier molecular flexibility index (Phi) is 4.57. The number of benzene rings is 6. The molecule has 8 rings (SSSR count). The van der Waals surface area contributed by atoms with Crippen molar-refractivity contribution in [1.29, 1.82) is 5.26 Å². The fraction of sp³-hybridized carbons (Fsp3) is 0.0263. The Bertz CT molecular complexity index is 1920. The highest BCUT2D eigenvalue weighted by Gasteiger charge is 2.51. The molecule has 0 amide bonds. The van der Waals surface area contributed by atoms with Gasteiger partial charge in [0.15, 0.2) is 0 Å². The summed E-state index contributed by atoms with van der Waals surface area (Å²) in [5.74, 6) is 0. The van der Waals surface area contributed by atoms with Gasteiger partial charge in [0.1, 0.15) is 0 Å². The zero-order chi connectivity index (χ0) is 26.0. The third kappa shape index (κ3) is 2.89. The second-order valence-corrected chi connectivity index (χ2v) is 10.4. The lowest BCUT2D eigenvalue weighted by Gasteiger charge is -2.30. The summed E-state index contributed by atoms with van der Waals surface area (Å²) < 4.78 is 0. The van der Waals surface area contributed by atoms with Crippen molar-refractivity contribution < 1.29 is 0 Å². The summed E-state index contributed by atoms with van der Waals surface area (Å²) in [6.07, 6.45) is 0. The van der Waals surface area contributed by atoms with Crippen LogP contribution in [-0.2, 0) is 5.41 Å². The predicted molar refractivity (Wildman–Crippen MR) is 158 cm³/mol. The van der Waals surface area contributed by atoms with E-state index in [-0.39, 0.29) is 5.41 Å². The van der Waals surface area contributed by atoms with Gasteiger partial charge in [-0.3, -0.25) is 0 Å². The van der Waals surface area contributed by atoms with E-state index in [1.54, 1.807) is 0 Å². The molecule has 2 aliphatic rings. The van der Waals surface area contributed by atoms with E-state index in [9.17, 15) is 5.26 Å². The normalized spacial score (nSPS) is 13.3. The molecule has 180 valence electrons. The molecule has 0 atom stereocenters. The lowest BCUT2D eigenvalue weighted by Crippen LogP contribution is -2.25. The topological polar surface area (TPSA) is 23.8 Å². The Balaban J connectivity index is 1.41. The molecule has 0 bridgehead atoms. The summed E-state index contributed by atoms with van der Waals surface area (Å²) in [6, 6.07) is 52.5. The van der Waals surface area contributed by atoms with E-state index < -0.39 is 0 Å². The molecule has 0 radical (unpaired) electrons. The first-order valence-electron chi connectivity index (χ1n) is 13.3. The molecule has 39 heavy (non-hydrogen) atoms. The van der Waals surface area contributed by atoms with Crippen LogP contribution in [0, 0.1) is 11.3 Å². The molecular formula is C38H23N. The summed E-state index contributed by atoms with van der Waals surface area (Å²) >= 11 is 0. The Labute approximate surface area is 228 Å². The van der Waals surface area contributed by atoms with Crippen LogP contribution >= 0.6 is 0 Å². The predicted octanol–water partition coefficient (Wildman–Crippen LogP) is 9.24. The van der Waals surface area contributed by atoms with Gasteiger partial charge in [-0.05, 0) is 85.0 Å². The Morgan fingerprint density at radius 3 is 1.59 bits per heavy atom. The van der Waals surface area contributed by atoms with Crippen molar-refractivity contribution in [2.75, 3.05) is 0 Å². The maximum absolute atomic E-state index is 9.22. The molecule has 6 aromatic carbocycles. The van der Waals surface area contributed by atoms with E-state index in [1.807, 2.05) is 24.3 Å². The van der Waals surface area contributed by atoms with Crippen molar-refractivity contribution in [2.45, 2.75) is 5.41 Å². The van der Waals surface area contributed by atoms with E-state index in [2.05, 4.69) is 121 Å². The molecular weight excluding hydrogens is 470 g/mol. The van der Waals surface area contributed by atoms with Crippen LogP contribution < -0.4 is 0 Å². The van der Waals surface area contributed by atoms with E-state index in [0.717, 1.165) is 11.1 Å². The molecule has 0 aliphatic heterocycles. The lowest BCUT2D eigenvalue weighted by molar-refractivity contribution is 0.794. The van der Waals surface area contributed by atoms with Gasteiger partial charge in [-0.2, -0.15) is 5.26 Å². The van der Waals surface area contributed by atoms with Gasteiger partial charge in [-0.25, -0.2) is 0 Å². The van der Waals surface area contributed by atoms with Gasteiger partial charge in [0.25, 0.3) is 0 Å². The third-order valence-electron chi connectivity index (χ3n) is 8.54. The first-order chi connectivity index (χ1) is 19.3. The minimum absolute atomic E-state index is 0.333. The van der Waals surface area contributed by atoms with E-state index in [1.165, 1.54) is 55.6 Å². The van der Waals surface area contributed by atoms with E-state index >= 15 is 0 Å². The standard InChI is InChI=1S/C38H23N/c39-24-25-19-21-26(22-20-25)27-9-7-10-28(23-27)29-14-8-18-36-37(29)32-13-3-6-17-35(32)38(36)33-15-4-1-11-30(33)31-12-2-5-16-34(31)38/h1-23H. The number of nitrogens with zero attached hydrogens (tertiary/aromatic N) is 1. The van der Waals surface area contributed by atoms with E-state index in [4.69, 9.17) is 0 Å². The fourth-order valence-electron chi connectivity index (χ4n) is 6.99. The van der Waals surface area contributed by atoms with Crippen molar-refractivity contribution in [3.63, 3.8) is 0 Å². The zero-order valence-electron chi connectivity index (χ0n) is 21.2. The van der Waals surface area contributed by atoms with Crippen molar-refractivity contribution in [2.24, 2.45) is 0 Å². The molecule has 0 unspecified atom stereocenters. The SMILES string of the molecule is N#Cc1ccc(-c2cccc(-c3cccc4c3-c3ccccc3C43c4ccccc4-c4ccccc43)c2)cc1. The lowest BCUT2D eigenvalue weighted by atomic mass is 9.70. The number of nitriles is 1. The molecule has 0 saturated heterocycles. The molecule has 0 saturated carbocycles. The van der Waals surface area contributed by atoms with Gasteiger partial charge in [0.2, 0.25) is 0 Å².